The van der Waals surface area contributed by atoms with Crippen molar-refractivity contribution in [2.24, 2.45) is 0 Å². The number of anilines is 1. The van der Waals surface area contributed by atoms with Crippen molar-refractivity contribution in [3.8, 4) is 0 Å². The van der Waals surface area contributed by atoms with Crippen molar-refractivity contribution >= 4 is 33.2 Å². The van der Waals surface area contributed by atoms with E-state index in [1.54, 1.807) is 11.8 Å². The van der Waals surface area contributed by atoms with Crippen molar-refractivity contribution in [1.29, 1.82) is 0 Å². The Bertz CT molecular complexity index is 590. The molecule has 0 heterocycles. The van der Waals surface area contributed by atoms with Crippen molar-refractivity contribution in [3.05, 3.63) is 28.3 Å². The predicted octanol–water partition coefficient (Wildman–Crippen LogP) is 2.06. The van der Waals surface area contributed by atoms with Gasteiger partial charge < -0.3 is 5.32 Å². The van der Waals surface area contributed by atoms with E-state index in [4.69, 9.17) is 0 Å². The average molecular weight is 333 g/mol. The lowest BCUT2D eigenvalue weighted by molar-refractivity contribution is -0.384. The van der Waals surface area contributed by atoms with E-state index in [-0.39, 0.29) is 16.3 Å². The summed E-state index contributed by atoms with van der Waals surface area (Å²) >= 11 is 1.72. The largest absolute Gasteiger partial charge is 0.387 e. The fourth-order valence-corrected chi connectivity index (χ4v) is 3.48. The number of unbranched alkanes of at least 4 members (excludes halogenated alkanes) is 1. The molecule has 0 atom stereocenters. The summed E-state index contributed by atoms with van der Waals surface area (Å²) in [6, 6.07) is 3.64. The van der Waals surface area contributed by atoms with Gasteiger partial charge in [0.15, 0.2) is 0 Å². The number of sulfonamides is 1. The van der Waals surface area contributed by atoms with E-state index >= 15 is 0 Å². The van der Waals surface area contributed by atoms with Crippen LogP contribution in [-0.2, 0) is 10.0 Å². The van der Waals surface area contributed by atoms with Gasteiger partial charge in [0.05, 0.1) is 10.6 Å². The van der Waals surface area contributed by atoms with Gasteiger partial charge in [0.25, 0.3) is 5.69 Å². The van der Waals surface area contributed by atoms with Crippen LogP contribution < -0.4 is 10.0 Å². The average Bonchev–Trinajstić information content (AvgIpc) is 2.46. The second kappa shape index (κ2) is 8.20. The molecule has 0 fully saturated rings. The number of thioether (sulfide) groups is 1. The molecule has 0 saturated heterocycles. The zero-order valence-electron chi connectivity index (χ0n) is 12.0. The van der Waals surface area contributed by atoms with Crippen molar-refractivity contribution in [1.82, 2.24) is 4.72 Å². The van der Waals surface area contributed by atoms with Crippen LogP contribution in [0.3, 0.4) is 0 Å². The fraction of sp³-hybridized carbons (Fsp3) is 0.500. The SMILES string of the molecule is CNc1cc([N+](=O)[O-])ccc1S(=O)(=O)NCCCCSC. The predicted molar refractivity (Wildman–Crippen MR) is 85.4 cm³/mol. The number of nitrogens with zero attached hydrogens (tertiary/aromatic N) is 1. The van der Waals surface area contributed by atoms with Gasteiger partial charge in [-0.05, 0) is 30.9 Å². The molecule has 21 heavy (non-hydrogen) atoms. The molecule has 2 N–H and O–H groups in total. The number of benzene rings is 1. The van der Waals surface area contributed by atoms with Crippen molar-refractivity contribution in [3.63, 3.8) is 0 Å². The smallest absolute Gasteiger partial charge is 0.271 e. The molecule has 0 unspecified atom stereocenters. The van der Waals surface area contributed by atoms with Crippen LogP contribution in [-0.4, -0.2) is 38.9 Å². The lowest BCUT2D eigenvalue weighted by Crippen LogP contribution is -2.25. The Labute approximate surface area is 128 Å². The van der Waals surface area contributed by atoms with Crippen LogP contribution in [0.25, 0.3) is 0 Å². The summed E-state index contributed by atoms with van der Waals surface area (Å²) in [5, 5.41) is 13.4. The Balaban J connectivity index is 2.85. The first-order chi connectivity index (χ1) is 9.92. The maximum Gasteiger partial charge on any atom is 0.271 e. The van der Waals surface area contributed by atoms with E-state index in [1.807, 2.05) is 6.26 Å². The minimum absolute atomic E-state index is 0.0143. The molecule has 1 aromatic carbocycles. The lowest BCUT2D eigenvalue weighted by atomic mass is 10.3. The third kappa shape index (κ3) is 5.18. The second-order valence-electron chi connectivity index (χ2n) is 4.29. The van der Waals surface area contributed by atoms with Crippen LogP contribution >= 0.6 is 11.8 Å². The zero-order chi connectivity index (χ0) is 15.9. The highest BCUT2D eigenvalue weighted by Crippen LogP contribution is 2.25. The minimum atomic E-state index is -3.67. The number of hydrogen-bond donors (Lipinski definition) is 2. The minimum Gasteiger partial charge on any atom is -0.387 e. The first kappa shape index (κ1) is 17.7. The van der Waals surface area contributed by atoms with Crippen molar-refractivity contribution in [2.45, 2.75) is 17.7 Å². The van der Waals surface area contributed by atoms with Gasteiger partial charge >= 0.3 is 0 Å². The summed E-state index contributed by atoms with van der Waals surface area (Å²) < 4.78 is 26.9. The molecular weight excluding hydrogens is 314 g/mol. The summed E-state index contributed by atoms with van der Waals surface area (Å²) in [7, 11) is -2.15. The van der Waals surface area contributed by atoms with Gasteiger partial charge in [-0.2, -0.15) is 11.8 Å². The second-order valence-corrected chi connectivity index (χ2v) is 7.01. The van der Waals surface area contributed by atoms with E-state index in [2.05, 4.69) is 10.0 Å². The Hall–Kier alpha value is -1.32. The highest BCUT2D eigenvalue weighted by molar-refractivity contribution is 7.98. The Kier molecular flexibility index (Phi) is 6.93. The van der Waals surface area contributed by atoms with Gasteiger partial charge in [-0.1, -0.05) is 0 Å². The first-order valence-corrected chi connectivity index (χ1v) is 9.25. The van der Waals surface area contributed by atoms with E-state index in [0.717, 1.165) is 18.6 Å². The highest BCUT2D eigenvalue weighted by atomic mass is 32.2. The van der Waals surface area contributed by atoms with E-state index in [9.17, 15) is 18.5 Å². The fourth-order valence-electron chi connectivity index (χ4n) is 1.72. The molecule has 0 amide bonds. The summed E-state index contributed by atoms with van der Waals surface area (Å²) in [5.41, 5.74) is 0.0547. The van der Waals surface area contributed by atoms with E-state index in [0.29, 0.717) is 6.54 Å². The molecule has 118 valence electrons. The Morgan fingerprint density at radius 1 is 1.33 bits per heavy atom. The molecular formula is C12H19N3O4S2. The van der Waals surface area contributed by atoms with Crippen LogP contribution in [0.15, 0.2) is 23.1 Å². The first-order valence-electron chi connectivity index (χ1n) is 6.37. The van der Waals surface area contributed by atoms with Gasteiger partial charge in [-0.25, -0.2) is 13.1 Å². The van der Waals surface area contributed by atoms with Gasteiger partial charge in [-0.3, -0.25) is 10.1 Å². The standard InChI is InChI=1S/C12H19N3O4S2/c1-13-11-9-10(15(16)17)5-6-12(11)21(18,19)14-7-3-4-8-20-2/h5-6,9,13-14H,3-4,7-8H2,1-2H3. The summed E-state index contributed by atoms with van der Waals surface area (Å²) in [6.07, 6.45) is 3.69. The number of hydrogen-bond acceptors (Lipinski definition) is 6. The Morgan fingerprint density at radius 2 is 2.05 bits per heavy atom. The zero-order valence-corrected chi connectivity index (χ0v) is 13.6. The van der Waals surface area contributed by atoms with Gasteiger partial charge in [0, 0.05) is 25.7 Å². The number of nitro benzene ring substituents is 1. The maximum atomic E-state index is 12.2. The van der Waals surface area contributed by atoms with Crippen LogP contribution in [0.2, 0.25) is 0 Å². The molecule has 0 spiro atoms. The van der Waals surface area contributed by atoms with Crippen LogP contribution in [0.4, 0.5) is 11.4 Å². The number of nitro groups is 1. The molecule has 1 rings (SSSR count). The molecule has 0 aliphatic carbocycles. The normalized spacial score (nSPS) is 11.3. The summed E-state index contributed by atoms with van der Waals surface area (Å²) in [6.45, 7) is 0.350. The topological polar surface area (TPSA) is 101 Å². The monoisotopic (exact) mass is 333 g/mol. The molecule has 7 nitrogen and oxygen atoms in total. The van der Waals surface area contributed by atoms with Crippen molar-refractivity contribution in [2.75, 3.05) is 30.9 Å². The highest BCUT2D eigenvalue weighted by Gasteiger charge is 2.20. The lowest BCUT2D eigenvalue weighted by Gasteiger charge is -2.11. The maximum absolute atomic E-state index is 12.2. The molecule has 0 saturated carbocycles. The van der Waals surface area contributed by atoms with E-state index in [1.165, 1.54) is 25.2 Å². The molecule has 9 heteroatoms. The molecule has 1 aromatic rings. The molecule has 0 radical (unpaired) electrons. The summed E-state index contributed by atoms with van der Waals surface area (Å²) in [4.78, 5) is 10.2. The van der Waals surface area contributed by atoms with Crippen LogP contribution in [0.1, 0.15) is 12.8 Å². The third-order valence-corrected chi connectivity index (χ3v) is 5.02. The van der Waals surface area contributed by atoms with Crippen LogP contribution in [0.5, 0.6) is 0 Å². The van der Waals surface area contributed by atoms with Gasteiger partial charge in [-0.15, -0.1) is 0 Å². The van der Waals surface area contributed by atoms with Gasteiger partial charge in [0.1, 0.15) is 4.90 Å². The molecule has 0 aliphatic heterocycles. The molecule has 0 aliphatic rings. The van der Waals surface area contributed by atoms with E-state index < -0.39 is 14.9 Å². The number of non-ortho nitro benzene ring substituents is 1. The third-order valence-electron chi connectivity index (χ3n) is 2.80. The quantitative estimate of drug-likeness (QED) is 0.407. The molecule has 0 aromatic heterocycles. The van der Waals surface area contributed by atoms with Crippen molar-refractivity contribution < 1.29 is 13.3 Å². The molecule has 0 bridgehead atoms. The number of nitrogens with one attached hydrogen (secondary N) is 2. The van der Waals surface area contributed by atoms with Gasteiger partial charge in [0.2, 0.25) is 10.0 Å². The Morgan fingerprint density at radius 3 is 2.62 bits per heavy atom. The van der Waals surface area contributed by atoms with Crippen LogP contribution in [0, 0.1) is 10.1 Å². The number of rotatable bonds is 9. The summed E-state index contributed by atoms with van der Waals surface area (Å²) in [5.74, 6) is 0.987.